The lowest BCUT2D eigenvalue weighted by atomic mass is 9.77. The Kier molecular flexibility index (Phi) is 21.7. The molecule has 17 heteroatoms. The monoisotopic (exact) mass is 1090 g/mol. The number of carbonyl (C=O) groups excluding carboxylic acids is 1. The summed E-state index contributed by atoms with van der Waals surface area (Å²) in [6, 6.07) is 29.7. The van der Waals surface area contributed by atoms with Crippen LogP contribution in [0, 0.1) is 17.8 Å². The second-order valence-corrected chi connectivity index (χ2v) is 23.7. The minimum atomic E-state index is -1.92. The molecule has 0 bridgehead atoms. The van der Waals surface area contributed by atoms with Crippen molar-refractivity contribution in [3.8, 4) is 0 Å². The molecule has 3 saturated heterocycles. The fraction of sp³-hybridized carbons (Fsp3) is 0.667. The van der Waals surface area contributed by atoms with E-state index >= 15 is 0 Å². The number of hydrogen-bond donors (Lipinski definition) is 7. The van der Waals surface area contributed by atoms with Crippen LogP contribution in [-0.2, 0) is 38.8 Å². The quantitative estimate of drug-likeness (QED) is 0.0397. The van der Waals surface area contributed by atoms with Crippen molar-refractivity contribution in [3.05, 3.63) is 108 Å². The first-order valence-electron chi connectivity index (χ1n) is 27.8. The number of likely N-dealkylation sites (N-methyl/N-ethyl adjacent to an activating group) is 1. The molecular formula is C60H92N4O12S. The van der Waals surface area contributed by atoms with E-state index in [2.05, 4.69) is 51.9 Å². The summed E-state index contributed by atoms with van der Waals surface area (Å²) in [5, 5.41) is 68.5. The highest BCUT2D eigenvalue weighted by atomic mass is 32.1. The molecule has 0 spiro atoms. The Morgan fingerprint density at radius 3 is 1.91 bits per heavy atom. The van der Waals surface area contributed by atoms with Gasteiger partial charge in [-0.05, 0) is 123 Å². The van der Waals surface area contributed by atoms with Crippen LogP contribution in [0.5, 0.6) is 0 Å². The molecule has 0 aromatic heterocycles. The number of esters is 1. The van der Waals surface area contributed by atoms with E-state index in [0.717, 1.165) is 16.7 Å². The van der Waals surface area contributed by atoms with Gasteiger partial charge in [-0.15, -0.1) is 0 Å². The summed E-state index contributed by atoms with van der Waals surface area (Å²) >= 11 is 6.11. The smallest absolute Gasteiger partial charge is 0.311 e. The van der Waals surface area contributed by atoms with E-state index in [1.54, 1.807) is 34.6 Å². The van der Waals surface area contributed by atoms with Crippen molar-refractivity contribution in [2.45, 2.75) is 197 Å². The first-order valence-corrected chi connectivity index (χ1v) is 28.2. The Labute approximate surface area is 464 Å². The molecule has 0 saturated carbocycles. The molecule has 3 aromatic carbocycles. The molecule has 6 rings (SSSR count). The van der Waals surface area contributed by atoms with E-state index in [0.29, 0.717) is 37.6 Å². The number of rotatable bonds is 15. The lowest BCUT2D eigenvalue weighted by molar-refractivity contribution is -0.318. The van der Waals surface area contributed by atoms with E-state index in [9.17, 15) is 30.3 Å². The SMILES string of the molecule is CC[C@H]1OC(=O)[C@H](C)[C@@H](O[C@H]2C[C@@](C)(OC)[C@@H](O)[C@H](C)O2)[C@H](C)[C@@H](O[C@@H]2O[C@H](C)C[C@H](N(C)C)[C@H]2O)[C@](C)(O)C[C@@H](C)CN(CCCNC(=S)NC(c2ccccc2)(c2ccccc2)c2ccccc2)[C@H](C)[C@@H](O)[C@]1(C)O. The molecule has 0 amide bonds. The molecule has 3 aliphatic heterocycles. The molecule has 3 aromatic rings. The summed E-state index contributed by atoms with van der Waals surface area (Å²) < 4.78 is 38.5. The zero-order chi connectivity index (χ0) is 56.6. The third-order valence-electron chi connectivity index (χ3n) is 16.9. The van der Waals surface area contributed by atoms with Gasteiger partial charge in [-0.25, -0.2) is 0 Å². The largest absolute Gasteiger partial charge is 0.459 e. The third kappa shape index (κ3) is 14.5. The molecule has 3 fully saturated rings. The van der Waals surface area contributed by atoms with Gasteiger partial charge in [0.15, 0.2) is 17.7 Å². The summed E-state index contributed by atoms with van der Waals surface area (Å²) in [5.74, 6) is -2.86. The van der Waals surface area contributed by atoms with E-state index in [1.165, 1.54) is 14.0 Å². The number of nitrogens with zero attached hydrogens (tertiary/aromatic N) is 2. The maximum absolute atomic E-state index is 14.7. The van der Waals surface area contributed by atoms with Crippen molar-refractivity contribution in [2.75, 3.05) is 40.8 Å². The van der Waals surface area contributed by atoms with E-state index in [4.69, 9.17) is 40.6 Å². The fourth-order valence-electron chi connectivity index (χ4n) is 12.4. The second kappa shape index (κ2) is 26.7. The van der Waals surface area contributed by atoms with E-state index < -0.39 is 101 Å². The van der Waals surface area contributed by atoms with Gasteiger partial charge in [-0.2, -0.15) is 0 Å². The van der Waals surface area contributed by atoms with Crippen molar-refractivity contribution in [2.24, 2.45) is 17.8 Å². The Hall–Kier alpha value is -3.66. The number of benzene rings is 3. The Bertz CT molecular complexity index is 2200. The minimum absolute atomic E-state index is 0.102. The molecule has 3 heterocycles. The summed E-state index contributed by atoms with van der Waals surface area (Å²) in [6.45, 7) is 19.0. The van der Waals surface area contributed by atoms with Crippen LogP contribution in [0.3, 0.4) is 0 Å². The first kappa shape index (κ1) is 62.5. The molecule has 430 valence electrons. The van der Waals surface area contributed by atoms with Crippen LogP contribution < -0.4 is 10.6 Å². The van der Waals surface area contributed by atoms with E-state index in [-0.39, 0.29) is 37.3 Å². The van der Waals surface area contributed by atoms with Crippen LogP contribution in [-0.4, -0.2) is 178 Å². The fourth-order valence-corrected chi connectivity index (χ4v) is 12.6. The van der Waals surface area contributed by atoms with Gasteiger partial charge < -0.3 is 69.5 Å². The van der Waals surface area contributed by atoms with Gasteiger partial charge in [0.2, 0.25) is 0 Å². The number of thiocarbonyl (C=S) groups is 1. The third-order valence-corrected chi connectivity index (χ3v) is 17.1. The lowest BCUT2D eigenvalue weighted by Gasteiger charge is -2.48. The van der Waals surface area contributed by atoms with Gasteiger partial charge in [0.25, 0.3) is 0 Å². The van der Waals surface area contributed by atoms with Gasteiger partial charge in [0.1, 0.15) is 35.6 Å². The van der Waals surface area contributed by atoms with Crippen molar-refractivity contribution < 1.29 is 58.7 Å². The number of cyclic esters (lactones) is 1. The highest BCUT2D eigenvalue weighted by Gasteiger charge is 2.53. The van der Waals surface area contributed by atoms with Gasteiger partial charge in [-0.1, -0.05) is 112 Å². The number of aliphatic hydroxyl groups excluding tert-OH is 3. The number of ether oxygens (including phenoxy) is 6. The highest BCUT2D eigenvalue weighted by molar-refractivity contribution is 7.80. The van der Waals surface area contributed by atoms with Gasteiger partial charge in [0.05, 0.1) is 41.5 Å². The van der Waals surface area contributed by atoms with Crippen LogP contribution in [0.25, 0.3) is 0 Å². The molecule has 0 unspecified atom stereocenters. The number of carbonyl (C=O) groups is 1. The standard InChI is InChI=1S/C60H92N4O12S/c1-14-47-59(10,70)51(66)41(6)64(32-24-31-61-56(77)62-60(43-25-18-15-19-26-43,44-27-20-16-21-28-44)45-29-22-17-23-30-45)36-37(2)34-57(8,69)53(76-55-49(65)46(63(11)12)33-38(3)72-55)39(4)50(40(5)54(68)74-47)75-48-35-58(9,71-13)52(67)42(7)73-48/h15-23,25-30,37-42,46-53,55,65-67,69-70H,14,24,31-36H2,1-13H3,(H2,61,62,77)/t37-,38-,39+,40-,41-,42+,46+,47-,48+,49-,50+,51-,52+,53-,55+,57-,58-,59-/m1/s1. The number of methoxy groups -OCH3 is 1. The Morgan fingerprint density at radius 1 is 0.831 bits per heavy atom. The van der Waals surface area contributed by atoms with Crippen LogP contribution in [0.4, 0.5) is 0 Å². The first-order chi connectivity index (χ1) is 36.3. The summed E-state index contributed by atoms with van der Waals surface area (Å²) in [6.07, 6.45) is -8.44. The number of aliphatic hydroxyl groups is 5. The summed E-state index contributed by atoms with van der Waals surface area (Å²) in [5.41, 5.74) is -2.44. The van der Waals surface area contributed by atoms with Gasteiger partial charge in [0, 0.05) is 51.2 Å². The normalized spacial score (nSPS) is 37.3. The van der Waals surface area contributed by atoms with Gasteiger partial charge in [-0.3, -0.25) is 9.69 Å². The minimum Gasteiger partial charge on any atom is -0.459 e. The van der Waals surface area contributed by atoms with Crippen molar-refractivity contribution in [3.63, 3.8) is 0 Å². The van der Waals surface area contributed by atoms with Gasteiger partial charge >= 0.3 is 5.97 Å². The van der Waals surface area contributed by atoms with Crippen LogP contribution >= 0.6 is 12.2 Å². The molecule has 0 radical (unpaired) electrons. The molecule has 7 N–H and O–H groups in total. The average molecular weight is 1090 g/mol. The molecule has 77 heavy (non-hydrogen) atoms. The summed E-state index contributed by atoms with van der Waals surface area (Å²) in [4.78, 5) is 18.8. The molecular weight excluding hydrogens is 1000 g/mol. The molecule has 0 aliphatic carbocycles. The van der Waals surface area contributed by atoms with Crippen LogP contribution in [0.1, 0.15) is 118 Å². The Morgan fingerprint density at radius 2 is 1.39 bits per heavy atom. The van der Waals surface area contributed by atoms with Crippen LogP contribution in [0.15, 0.2) is 91.0 Å². The zero-order valence-corrected chi connectivity index (χ0v) is 48.7. The number of hydrogen-bond acceptors (Lipinski definition) is 15. The molecule has 3 aliphatic rings. The number of nitrogens with one attached hydrogen (secondary N) is 2. The topological polar surface area (TPSA) is 204 Å². The average Bonchev–Trinajstić information content (AvgIpc) is 3.43. The zero-order valence-electron chi connectivity index (χ0n) is 47.9. The highest BCUT2D eigenvalue weighted by Crippen LogP contribution is 2.41. The maximum Gasteiger partial charge on any atom is 0.311 e. The molecule has 18 atom stereocenters. The second-order valence-electron chi connectivity index (χ2n) is 23.3. The Balaban J connectivity index is 1.32. The maximum atomic E-state index is 14.7. The van der Waals surface area contributed by atoms with Crippen molar-refractivity contribution >= 4 is 23.3 Å². The van der Waals surface area contributed by atoms with Crippen molar-refractivity contribution in [1.82, 2.24) is 20.4 Å². The van der Waals surface area contributed by atoms with E-state index in [1.807, 2.05) is 101 Å². The predicted octanol–water partition coefficient (Wildman–Crippen LogP) is 6.12. The predicted molar refractivity (Wildman–Crippen MR) is 301 cm³/mol. The van der Waals surface area contributed by atoms with Crippen LogP contribution in [0.2, 0.25) is 0 Å². The summed E-state index contributed by atoms with van der Waals surface area (Å²) in [7, 11) is 5.29. The molecule has 16 nitrogen and oxygen atoms in total. The lowest BCUT2D eigenvalue weighted by Crippen LogP contribution is -2.60. The van der Waals surface area contributed by atoms with Crippen molar-refractivity contribution in [1.29, 1.82) is 0 Å².